The molecule has 30 heavy (non-hydrogen) atoms. The van der Waals surface area contributed by atoms with Crippen LogP contribution in [0.4, 0.5) is 5.69 Å². The third-order valence-electron chi connectivity index (χ3n) is 5.17. The molecule has 1 N–H and O–H groups in total. The summed E-state index contributed by atoms with van der Waals surface area (Å²) in [5, 5.41) is 2.84. The van der Waals surface area contributed by atoms with Crippen LogP contribution in [0.25, 0.3) is 0 Å². The van der Waals surface area contributed by atoms with Gasteiger partial charge in [-0.2, -0.15) is 0 Å². The van der Waals surface area contributed by atoms with Crippen molar-refractivity contribution in [1.82, 2.24) is 4.90 Å². The van der Waals surface area contributed by atoms with Crippen LogP contribution in [-0.4, -0.2) is 35.8 Å². The molecule has 0 aliphatic carbocycles. The molecule has 0 radical (unpaired) electrons. The SMILES string of the molecule is CCCCCOC(=O)c1ccc(NC(=O)[C@H]2CC(=O)N(Cc3ccccc3)C2)cc1. The largest absolute Gasteiger partial charge is 0.462 e. The Hall–Kier alpha value is -3.15. The van der Waals surface area contributed by atoms with E-state index in [4.69, 9.17) is 4.74 Å². The maximum atomic E-state index is 12.6. The molecule has 1 aliphatic heterocycles. The minimum atomic E-state index is -0.385. The summed E-state index contributed by atoms with van der Waals surface area (Å²) < 4.78 is 5.24. The van der Waals surface area contributed by atoms with Crippen LogP contribution in [0, 0.1) is 5.92 Å². The van der Waals surface area contributed by atoms with Crippen molar-refractivity contribution in [2.45, 2.75) is 39.2 Å². The molecule has 6 heteroatoms. The van der Waals surface area contributed by atoms with E-state index in [1.165, 1.54) is 0 Å². The highest BCUT2D eigenvalue weighted by Crippen LogP contribution is 2.22. The Labute approximate surface area is 177 Å². The van der Waals surface area contributed by atoms with E-state index in [0.717, 1.165) is 24.8 Å². The second-order valence-corrected chi connectivity index (χ2v) is 7.57. The number of amides is 2. The van der Waals surface area contributed by atoms with Crippen molar-refractivity contribution >= 4 is 23.5 Å². The highest BCUT2D eigenvalue weighted by atomic mass is 16.5. The average molecular weight is 408 g/mol. The van der Waals surface area contributed by atoms with Gasteiger partial charge in [-0.25, -0.2) is 4.79 Å². The maximum Gasteiger partial charge on any atom is 0.338 e. The molecular weight excluding hydrogens is 380 g/mol. The summed E-state index contributed by atoms with van der Waals surface area (Å²) in [7, 11) is 0. The Kier molecular flexibility index (Phi) is 7.60. The number of likely N-dealkylation sites (tertiary alicyclic amines) is 1. The summed E-state index contributed by atoms with van der Waals surface area (Å²) in [6, 6.07) is 16.4. The van der Waals surface area contributed by atoms with Gasteiger partial charge in [0.25, 0.3) is 0 Å². The molecule has 1 atom stereocenters. The van der Waals surface area contributed by atoms with Crippen LogP contribution in [0.3, 0.4) is 0 Å². The van der Waals surface area contributed by atoms with Gasteiger partial charge in [0.2, 0.25) is 11.8 Å². The number of hydrogen-bond acceptors (Lipinski definition) is 4. The van der Waals surface area contributed by atoms with Crippen molar-refractivity contribution in [3.8, 4) is 0 Å². The lowest BCUT2D eigenvalue weighted by atomic mass is 10.1. The van der Waals surface area contributed by atoms with E-state index in [1.54, 1.807) is 29.2 Å². The number of hydrogen-bond donors (Lipinski definition) is 1. The van der Waals surface area contributed by atoms with Crippen molar-refractivity contribution in [3.05, 3.63) is 65.7 Å². The summed E-state index contributed by atoms with van der Waals surface area (Å²) in [5.41, 5.74) is 2.09. The van der Waals surface area contributed by atoms with Gasteiger partial charge in [0.1, 0.15) is 0 Å². The topological polar surface area (TPSA) is 75.7 Å². The van der Waals surface area contributed by atoms with Gasteiger partial charge < -0.3 is 15.0 Å². The van der Waals surface area contributed by atoms with Crippen LogP contribution in [0.15, 0.2) is 54.6 Å². The van der Waals surface area contributed by atoms with Crippen LogP contribution in [0.5, 0.6) is 0 Å². The molecule has 158 valence electrons. The lowest BCUT2D eigenvalue weighted by Gasteiger charge is -2.16. The Morgan fingerprint density at radius 2 is 1.80 bits per heavy atom. The van der Waals surface area contributed by atoms with Crippen molar-refractivity contribution in [2.75, 3.05) is 18.5 Å². The fourth-order valence-corrected chi connectivity index (χ4v) is 3.44. The Balaban J connectivity index is 1.49. The minimum Gasteiger partial charge on any atom is -0.462 e. The van der Waals surface area contributed by atoms with E-state index < -0.39 is 0 Å². The molecule has 2 aromatic rings. The third kappa shape index (κ3) is 5.92. The number of nitrogens with zero attached hydrogens (tertiary/aromatic N) is 1. The molecule has 0 bridgehead atoms. The first kappa shape index (κ1) is 21.6. The molecule has 6 nitrogen and oxygen atoms in total. The van der Waals surface area contributed by atoms with Gasteiger partial charge in [0, 0.05) is 25.2 Å². The summed E-state index contributed by atoms with van der Waals surface area (Å²) in [5.74, 6) is -0.944. The number of carbonyl (C=O) groups is 3. The lowest BCUT2D eigenvalue weighted by Crippen LogP contribution is -2.28. The van der Waals surface area contributed by atoms with Crippen molar-refractivity contribution < 1.29 is 19.1 Å². The molecule has 0 aromatic heterocycles. The predicted molar refractivity (Wildman–Crippen MR) is 115 cm³/mol. The number of carbonyl (C=O) groups excluding carboxylic acids is 3. The van der Waals surface area contributed by atoms with Crippen LogP contribution in [-0.2, 0) is 20.9 Å². The standard InChI is InChI=1S/C24H28N2O4/c1-2-3-7-14-30-24(29)19-10-12-21(13-11-19)25-23(28)20-15-22(27)26(17-20)16-18-8-5-4-6-9-18/h4-6,8-13,20H,2-3,7,14-17H2,1H3,(H,25,28)/t20-/m0/s1. The van der Waals surface area contributed by atoms with Crippen molar-refractivity contribution in [2.24, 2.45) is 5.92 Å². The normalized spacial score (nSPS) is 15.8. The number of benzene rings is 2. The van der Waals surface area contributed by atoms with Crippen molar-refractivity contribution in [3.63, 3.8) is 0 Å². The van der Waals surface area contributed by atoms with E-state index in [0.29, 0.717) is 30.9 Å². The van der Waals surface area contributed by atoms with Gasteiger partial charge >= 0.3 is 5.97 Å². The first-order valence-electron chi connectivity index (χ1n) is 10.5. The maximum absolute atomic E-state index is 12.6. The number of ether oxygens (including phenoxy) is 1. The van der Waals surface area contributed by atoms with Crippen LogP contribution in [0.1, 0.15) is 48.5 Å². The smallest absolute Gasteiger partial charge is 0.338 e. The van der Waals surface area contributed by atoms with Crippen LogP contribution in [0.2, 0.25) is 0 Å². The zero-order valence-electron chi connectivity index (χ0n) is 17.3. The molecule has 2 amide bonds. The summed E-state index contributed by atoms with van der Waals surface area (Å²) in [4.78, 5) is 38.6. The molecule has 0 spiro atoms. The fraction of sp³-hybridized carbons (Fsp3) is 0.375. The Morgan fingerprint density at radius 1 is 1.07 bits per heavy atom. The summed E-state index contributed by atoms with van der Waals surface area (Å²) in [6.45, 7) is 3.43. The monoisotopic (exact) mass is 408 g/mol. The quantitative estimate of drug-likeness (QED) is 0.502. The van der Waals surface area contributed by atoms with E-state index in [1.807, 2.05) is 30.3 Å². The van der Waals surface area contributed by atoms with Crippen LogP contribution >= 0.6 is 0 Å². The van der Waals surface area contributed by atoms with E-state index in [9.17, 15) is 14.4 Å². The minimum absolute atomic E-state index is 0.0137. The van der Waals surface area contributed by atoms with Gasteiger partial charge in [0.05, 0.1) is 18.1 Å². The second-order valence-electron chi connectivity index (χ2n) is 7.57. The first-order valence-corrected chi connectivity index (χ1v) is 10.5. The molecule has 1 heterocycles. The molecule has 2 aromatic carbocycles. The zero-order valence-corrected chi connectivity index (χ0v) is 17.3. The van der Waals surface area contributed by atoms with Gasteiger partial charge in [-0.15, -0.1) is 0 Å². The number of anilines is 1. The molecule has 1 fully saturated rings. The van der Waals surface area contributed by atoms with E-state index in [-0.39, 0.29) is 30.1 Å². The number of unbranched alkanes of at least 4 members (excludes halogenated alkanes) is 2. The van der Waals surface area contributed by atoms with Crippen molar-refractivity contribution in [1.29, 1.82) is 0 Å². The van der Waals surface area contributed by atoms with Gasteiger partial charge in [-0.3, -0.25) is 9.59 Å². The Morgan fingerprint density at radius 3 is 2.50 bits per heavy atom. The molecule has 1 aliphatic rings. The predicted octanol–water partition coefficient (Wildman–Crippen LogP) is 4.02. The second kappa shape index (κ2) is 10.6. The summed E-state index contributed by atoms with van der Waals surface area (Å²) >= 11 is 0. The number of nitrogens with one attached hydrogen (secondary N) is 1. The first-order chi connectivity index (χ1) is 14.6. The molecule has 0 unspecified atom stereocenters. The number of esters is 1. The van der Waals surface area contributed by atoms with Gasteiger partial charge in [-0.1, -0.05) is 50.1 Å². The molecule has 1 saturated heterocycles. The third-order valence-corrected chi connectivity index (χ3v) is 5.17. The molecular formula is C24H28N2O4. The highest BCUT2D eigenvalue weighted by molar-refractivity contribution is 5.97. The zero-order chi connectivity index (χ0) is 21.3. The van der Waals surface area contributed by atoms with E-state index in [2.05, 4.69) is 12.2 Å². The number of rotatable bonds is 9. The molecule has 0 saturated carbocycles. The van der Waals surface area contributed by atoms with Gasteiger partial charge in [0.15, 0.2) is 0 Å². The van der Waals surface area contributed by atoms with E-state index >= 15 is 0 Å². The lowest BCUT2D eigenvalue weighted by molar-refractivity contribution is -0.128. The van der Waals surface area contributed by atoms with Gasteiger partial charge in [-0.05, 0) is 36.2 Å². The summed E-state index contributed by atoms with van der Waals surface area (Å²) in [6.07, 6.45) is 3.17. The van der Waals surface area contributed by atoms with Crippen LogP contribution < -0.4 is 5.32 Å². The fourth-order valence-electron chi connectivity index (χ4n) is 3.44. The Bertz CT molecular complexity index is 865. The highest BCUT2D eigenvalue weighted by Gasteiger charge is 2.34. The average Bonchev–Trinajstić information content (AvgIpc) is 3.13. The molecule has 3 rings (SSSR count).